The Balaban J connectivity index is 2.84. The van der Waals surface area contributed by atoms with Crippen molar-refractivity contribution in [3.8, 4) is 0 Å². The molecule has 2 saturated heterocycles. The molecule has 0 radical (unpaired) electrons. The first-order valence-electron chi connectivity index (χ1n) is 34.2. The molecule has 0 atom stereocenters. The number of hydrogen-bond donors (Lipinski definition) is 10. The van der Waals surface area contributed by atoms with E-state index < -0.39 is 268 Å². The molecule has 34 nitrogen and oxygen atoms in total. The van der Waals surface area contributed by atoms with E-state index in [1.807, 2.05) is 10.6 Å². The molecule has 2 heterocycles. The monoisotopic (exact) mass is 1820 g/mol. The average Bonchev–Trinajstić information content (AvgIpc) is 0.728. The Bertz CT molecular complexity index is 2970. The molecule has 0 aromatic carbocycles. The molecule has 2 aliphatic heterocycles. The maximum absolute atomic E-state index is 14.3. The van der Waals surface area contributed by atoms with Gasteiger partial charge in [-0.1, -0.05) is 0 Å². The van der Waals surface area contributed by atoms with Gasteiger partial charge in [0, 0.05) is 131 Å². The van der Waals surface area contributed by atoms with E-state index in [2.05, 4.69) is 29.6 Å². The van der Waals surface area contributed by atoms with E-state index >= 15 is 0 Å². The number of carbonyl (C=O) groups excluding carboxylic acids is 5. The molecule has 0 unspecified atom stereocenters. The lowest BCUT2D eigenvalue weighted by Gasteiger charge is -2.45. The fourth-order valence-electron chi connectivity index (χ4n) is 11.2. The highest BCUT2D eigenvalue weighted by atomic mass is 19.5. The molecule has 61 heteroatoms. The van der Waals surface area contributed by atoms with Gasteiger partial charge in [0.25, 0.3) is 0 Å². The number of aliphatic carboxylic acids is 6. The number of nitrogens with one attached hydrogen (secondary N) is 4. The van der Waals surface area contributed by atoms with Crippen LogP contribution in [-0.2, 0) is 71.7 Å². The number of alkyl halides is 27. The zero-order valence-corrected chi connectivity index (χ0v) is 61.8. The number of hydrogen-bond acceptors (Lipinski definition) is 23. The van der Waals surface area contributed by atoms with Crippen molar-refractivity contribution in [2.75, 3.05) is 229 Å². The van der Waals surface area contributed by atoms with Crippen molar-refractivity contribution in [3.63, 3.8) is 0 Å². The summed E-state index contributed by atoms with van der Waals surface area (Å²) in [5.41, 5.74) is -30.3. The van der Waals surface area contributed by atoms with E-state index in [1.165, 1.54) is 39.2 Å². The minimum Gasteiger partial charge on any atom is -0.480 e. The molecule has 2 aliphatic rings. The van der Waals surface area contributed by atoms with Crippen LogP contribution in [0, 0.1) is 5.41 Å². The van der Waals surface area contributed by atoms with Crippen LogP contribution in [0.1, 0.15) is 0 Å². The Kier molecular flexibility index (Phi) is 40.2. The predicted octanol–water partition coefficient (Wildman–Crippen LogP) is 0.560. The Labute approximate surface area is 657 Å². The van der Waals surface area contributed by atoms with Crippen molar-refractivity contribution in [1.29, 1.82) is 0 Å². The molecule has 0 aliphatic carbocycles. The van der Waals surface area contributed by atoms with E-state index in [4.69, 9.17) is 0 Å². The Morgan fingerprint density at radius 2 is 0.425 bits per heavy atom. The second-order valence-corrected chi connectivity index (χ2v) is 26.6. The number of halogens is 27. The molecule has 0 bridgehead atoms. The van der Waals surface area contributed by atoms with Crippen LogP contribution in [0.4, 0.5) is 119 Å². The zero-order valence-electron chi connectivity index (χ0n) is 61.8. The summed E-state index contributed by atoms with van der Waals surface area (Å²) >= 11 is 0. The number of nitrogens with zero attached hydrogens (tertiary/aromatic N) is 9. The number of carboxylic acid groups (broad SMARTS) is 6. The van der Waals surface area contributed by atoms with Gasteiger partial charge in [0.1, 0.15) is 19.7 Å². The second kappa shape index (κ2) is 44.7. The summed E-state index contributed by atoms with van der Waals surface area (Å²) in [5.74, 6) is -15.7. The van der Waals surface area contributed by atoms with Gasteiger partial charge in [-0.3, -0.25) is 91.9 Å². The van der Waals surface area contributed by atoms with Crippen molar-refractivity contribution in [3.05, 3.63) is 0 Å². The molecule has 5 amide bonds. The topological polar surface area (TPSA) is 423 Å². The summed E-state index contributed by atoms with van der Waals surface area (Å²) in [6, 6.07) is 0. The minimum absolute atomic E-state index is 0.0715. The summed E-state index contributed by atoms with van der Waals surface area (Å²) < 4.78 is 399. The van der Waals surface area contributed by atoms with Gasteiger partial charge in [-0.15, -0.1) is 0 Å². The lowest BCUT2D eigenvalue weighted by Crippen LogP contribution is -2.71. The maximum Gasteiger partial charge on any atom is 0.435 e. The largest absolute Gasteiger partial charge is 0.480 e. The van der Waals surface area contributed by atoms with E-state index in [-0.39, 0.29) is 110 Å². The van der Waals surface area contributed by atoms with Crippen LogP contribution < -0.4 is 21.3 Å². The van der Waals surface area contributed by atoms with Crippen molar-refractivity contribution in [2.24, 2.45) is 5.41 Å². The fraction of sp³-hybridized carbons (Fsp3) is 0.814. The summed E-state index contributed by atoms with van der Waals surface area (Å²) in [6.07, 6.45) is -74.9. The third-order valence-electron chi connectivity index (χ3n) is 17.3. The van der Waals surface area contributed by atoms with Gasteiger partial charge in [0.05, 0.1) is 84.2 Å². The summed E-state index contributed by atoms with van der Waals surface area (Å²) in [6.45, 7) is -33.0. The summed E-state index contributed by atoms with van der Waals surface area (Å²) in [4.78, 5) is 148. The standard InChI is InChI=1S/C59H80F27N13O21/c60-51(61,62)48(52(63,64)65,53(66,67)68)118-33-47(34-119-49(54(69,70)71,55(72,73)74)56(75,76)77,35-120-50(57(78,79)80,58(81,82)83)59(84,85)86)32-117-31-40(104)99(23-38(102)89-3-1-87-36(100)21-91-5-9-93(25-41(105)106)13-17-97(29-45(113)114)18-14-94(10-6-91)26-42(107)108)24-39(103)90-4-2-88-37(101)22-92-7-11-95(27-43(109)110)15-19-98(30-46(115)116)20-16-96(12-8-92)28-44(111)112/h1-35H2,(H,87,100)(H,88,101)(H,89,102)(H,90,103)(H,105,106)(H,107,108)(H,109,110)(H,111,112)(H,113,114)(H,115,116). The van der Waals surface area contributed by atoms with Crippen molar-refractivity contribution < 1.29 is 221 Å². The minimum atomic E-state index is -8.33. The SMILES string of the molecule is O=C(O)CN1CCN(CC(=O)O)CCN(CC(=O)NCCNC(=O)CN(CC(=O)NCCNC(=O)CN2CCN(CC(=O)O)CCN(CC(=O)O)CCN(CC(=O)O)CC2)C(=O)COCC(COC(C(F)(F)F)(C(F)(F)F)C(F)(F)F)(COC(C(F)(F)F)(C(F)(F)F)C(F)(F)F)COC(C(F)(F)F)(C(F)(F)F)C(F)(F)F)CCN(CC(=O)O)CC1. The van der Waals surface area contributed by atoms with Gasteiger partial charge in [-0.05, 0) is 0 Å². The molecule has 2 fully saturated rings. The molecule has 0 saturated carbocycles. The number of carbonyl (C=O) groups is 11. The van der Waals surface area contributed by atoms with Crippen LogP contribution >= 0.6 is 0 Å². The molecule has 0 aromatic heterocycles. The number of carboxylic acids is 6. The highest BCUT2D eigenvalue weighted by molar-refractivity contribution is 5.89. The lowest BCUT2D eigenvalue weighted by atomic mass is 9.89. The summed E-state index contributed by atoms with van der Waals surface area (Å²) in [7, 11) is 0. The van der Waals surface area contributed by atoms with E-state index in [0.717, 1.165) is 0 Å². The lowest BCUT2D eigenvalue weighted by molar-refractivity contribution is -0.474. The van der Waals surface area contributed by atoms with Gasteiger partial charge in [-0.25, -0.2) is 0 Å². The van der Waals surface area contributed by atoms with Gasteiger partial charge in [-0.2, -0.15) is 119 Å². The first-order valence-corrected chi connectivity index (χ1v) is 34.2. The first kappa shape index (κ1) is 108. The van der Waals surface area contributed by atoms with Gasteiger partial charge >= 0.3 is 108 Å². The Morgan fingerprint density at radius 1 is 0.258 bits per heavy atom. The summed E-state index contributed by atoms with van der Waals surface area (Å²) in [5, 5.41) is 65.3. The van der Waals surface area contributed by atoms with Crippen LogP contribution in [-0.4, -0.2) is 442 Å². The predicted molar refractivity (Wildman–Crippen MR) is 340 cm³/mol. The quantitative estimate of drug-likeness (QED) is 0.0297. The van der Waals surface area contributed by atoms with Gasteiger partial charge in [0.15, 0.2) is 0 Å². The van der Waals surface area contributed by atoms with Gasteiger partial charge in [0.2, 0.25) is 29.5 Å². The number of ether oxygens (including phenoxy) is 4. The molecule has 0 aromatic rings. The van der Waals surface area contributed by atoms with E-state index in [9.17, 15) is 202 Å². The zero-order chi connectivity index (χ0) is 92.5. The van der Waals surface area contributed by atoms with E-state index in [0.29, 0.717) is 0 Å². The second-order valence-electron chi connectivity index (χ2n) is 26.6. The highest BCUT2D eigenvalue weighted by Crippen LogP contribution is 2.59. The Morgan fingerprint density at radius 3 is 0.592 bits per heavy atom. The number of amides is 5. The number of rotatable bonds is 39. The molecule has 120 heavy (non-hydrogen) atoms. The van der Waals surface area contributed by atoms with Crippen molar-refractivity contribution in [2.45, 2.75) is 72.4 Å². The normalized spacial score (nSPS) is 17.3. The molecule has 696 valence electrons. The maximum atomic E-state index is 14.3. The van der Waals surface area contributed by atoms with Crippen molar-refractivity contribution in [1.82, 2.24) is 65.4 Å². The van der Waals surface area contributed by atoms with Crippen LogP contribution in [0.25, 0.3) is 0 Å². The molecule has 2 rings (SSSR count). The van der Waals surface area contributed by atoms with Gasteiger partial charge < -0.3 is 75.8 Å². The smallest absolute Gasteiger partial charge is 0.435 e. The Hall–Kier alpha value is -8.20. The molecule has 0 spiro atoms. The average molecular weight is 1820 g/mol. The van der Waals surface area contributed by atoms with Crippen LogP contribution in [0.15, 0.2) is 0 Å². The molecular formula is C59H80F27N13O21. The fourth-order valence-corrected chi connectivity index (χ4v) is 11.2. The third-order valence-corrected chi connectivity index (χ3v) is 17.3. The van der Waals surface area contributed by atoms with E-state index in [1.54, 1.807) is 0 Å². The molecule has 10 N–H and O–H groups in total. The molecular weight excluding hydrogens is 1740 g/mol. The van der Waals surface area contributed by atoms with Crippen molar-refractivity contribution >= 4 is 65.4 Å². The van der Waals surface area contributed by atoms with Crippen LogP contribution in [0.5, 0.6) is 0 Å². The third kappa shape index (κ3) is 32.9. The first-order chi connectivity index (χ1) is 54.6. The van der Waals surface area contributed by atoms with Crippen LogP contribution in [0.3, 0.4) is 0 Å². The highest BCUT2D eigenvalue weighted by Gasteiger charge is 2.89. The van der Waals surface area contributed by atoms with Crippen LogP contribution in [0.2, 0.25) is 0 Å².